The van der Waals surface area contributed by atoms with E-state index in [1.54, 1.807) is 6.07 Å². The van der Waals surface area contributed by atoms with Crippen LogP contribution < -0.4 is 10.6 Å². The third-order valence-corrected chi connectivity index (χ3v) is 3.56. The van der Waals surface area contributed by atoms with Crippen LogP contribution in [0.15, 0.2) is 21.9 Å². The summed E-state index contributed by atoms with van der Waals surface area (Å²) in [6.07, 6.45) is 0. The van der Waals surface area contributed by atoms with Gasteiger partial charge >= 0.3 is 12.0 Å². The number of carbonyl (C=O) groups is 2. The Balaban J connectivity index is 1.82. The lowest BCUT2D eigenvalue weighted by atomic mass is 10.2. The van der Waals surface area contributed by atoms with Gasteiger partial charge in [-0.15, -0.1) is 11.3 Å². The minimum atomic E-state index is -1.08. The van der Waals surface area contributed by atoms with Gasteiger partial charge in [0.15, 0.2) is 5.69 Å². The van der Waals surface area contributed by atoms with E-state index in [2.05, 4.69) is 15.6 Å². The first-order chi connectivity index (χ1) is 9.95. The zero-order valence-corrected chi connectivity index (χ0v) is 12.4. The van der Waals surface area contributed by atoms with Crippen molar-refractivity contribution in [2.24, 2.45) is 0 Å². The molecular weight excluding hydrogens is 294 g/mol. The highest BCUT2D eigenvalue weighted by Gasteiger charge is 2.13. The van der Waals surface area contributed by atoms with E-state index in [0.29, 0.717) is 10.8 Å². The van der Waals surface area contributed by atoms with Crippen LogP contribution in [0.1, 0.15) is 40.0 Å². The second-order valence-electron chi connectivity index (χ2n) is 4.43. The monoisotopic (exact) mass is 309 g/mol. The highest BCUT2D eigenvalue weighted by molar-refractivity contribution is 7.09. The molecule has 7 nitrogen and oxygen atoms in total. The zero-order valence-electron chi connectivity index (χ0n) is 11.5. The van der Waals surface area contributed by atoms with Gasteiger partial charge in [0.1, 0.15) is 16.5 Å². The van der Waals surface area contributed by atoms with E-state index in [0.717, 1.165) is 5.76 Å². The number of hydrogen-bond acceptors (Lipinski definition) is 5. The van der Waals surface area contributed by atoms with Crippen LogP contribution in [0.2, 0.25) is 0 Å². The molecule has 0 aliphatic heterocycles. The van der Waals surface area contributed by atoms with Crippen LogP contribution in [0, 0.1) is 6.92 Å². The maximum Gasteiger partial charge on any atom is 0.355 e. The van der Waals surface area contributed by atoms with E-state index < -0.39 is 5.97 Å². The van der Waals surface area contributed by atoms with E-state index in [4.69, 9.17) is 9.52 Å². The highest BCUT2D eigenvalue weighted by Crippen LogP contribution is 2.15. The molecule has 2 heterocycles. The van der Waals surface area contributed by atoms with Gasteiger partial charge < -0.3 is 20.2 Å². The number of furan rings is 1. The molecule has 0 aliphatic rings. The summed E-state index contributed by atoms with van der Waals surface area (Å²) < 4.78 is 5.42. The molecular formula is C13H15N3O4S. The first-order valence-electron chi connectivity index (χ1n) is 6.24. The van der Waals surface area contributed by atoms with Gasteiger partial charge in [0, 0.05) is 5.38 Å². The number of aromatic nitrogens is 1. The van der Waals surface area contributed by atoms with Crippen molar-refractivity contribution < 1.29 is 19.1 Å². The fraction of sp³-hybridized carbons (Fsp3) is 0.308. The molecule has 0 saturated carbocycles. The van der Waals surface area contributed by atoms with Crippen LogP contribution in [-0.2, 0) is 6.54 Å². The van der Waals surface area contributed by atoms with Gasteiger partial charge in [-0.25, -0.2) is 14.6 Å². The first-order valence-corrected chi connectivity index (χ1v) is 7.12. The van der Waals surface area contributed by atoms with E-state index in [9.17, 15) is 9.59 Å². The van der Waals surface area contributed by atoms with Crippen molar-refractivity contribution in [1.82, 2.24) is 15.6 Å². The molecule has 0 spiro atoms. The molecule has 0 aromatic carbocycles. The van der Waals surface area contributed by atoms with Gasteiger partial charge in [-0.3, -0.25) is 0 Å². The normalized spacial score (nSPS) is 11.9. The fourth-order valence-electron chi connectivity index (χ4n) is 1.65. The van der Waals surface area contributed by atoms with E-state index in [1.165, 1.54) is 16.7 Å². The maximum atomic E-state index is 11.7. The van der Waals surface area contributed by atoms with Crippen LogP contribution in [0.4, 0.5) is 4.79 Å². The molecule has 21 heavy (non-hydrogen) atoms. The molecule has 2 aromatic rings. The van der Waals surface area contributed by atoms with Crippen LogP contribution >= 0.6 is 11.3 Å². The predicted octanol–water partition coefficient (Wildman–Crippen LogP) is 2.30. The third kappa shape index (κ3) is 4.06. The molecule has 8 heteroatoms. The Labute approximate surface area is 125 Å². The number of aryl methyl sites for hydroxylation is 1. The number of nitrogens with zero attached hydrogens (tertiary/aromatic N) is 1. The molecule has 3 N–H and O–H groups in total. The topological polar surface area (TPSA) is 104 Å². The molecule has 2 amide bonds. The van der Waals surface area contributed by atoms with Gasteiger partial charge in [0.2, 0.25) is 0 Å². The average molecular weight is 309 g/mol. The standard InChI is InChI=1S/C13H15N3O4S/c1-7-3-4-10(20-7)8(2)15-13(19)14-5-11-16-9(6-21-11)12(17)18/h3-4,6,8H,5H2,1-2H3,(H,17,18)(H2,14,15,19). The molecule has 2 aromatic heterocycles. The van der Waals surface area contributed by atoms with E-state index >= 15 is 0 Å². The minimum absolute atomic E-state index is 0.0170. The van der Waals surface area contributed by atoms with Gasteiger partial charge in [-0.2, -0.15) is 0 Å². The Morgan fingerprint density at radius 1 is 1.48 bits per heavy atom. The molecule has 0 radical (unpaired) electrons. The largest absolute Gasteiger partial charge is 0.476 e. The lowest BCUT2D eigenvalue weighted by Crippen LogP contribution is -2.36. The van der Waals surface area contributed by atoms with E-state index in [-0.39, 0.29) is 24.3 Å². The number of carboxylic acid groups (broad SMARTS) is 1. The molecule has 0 fully saturated rings. The van der Waals surface area contributed by atoms with Crippen LogP contribution in [0.25, 0.3) is 0 Å². The summed E-state index contributed by atoms with van der Waals surface area (Å²) in [4.78, 5) is 26.3. The summed E-state index contributed by atoms with van der Waals surface area (Å²) in [6.45, 7) is 3.82. The summed E-state index contributed by atoms with van der Waals surface area (Å²) in [7, 11) is 0. The summed E-state index contributed by atoms with van der Waals surface area (Å²) in [6, 6.07) is 3.00. The van der Waals surface area contributed by atoms with Crippen molar-refractivity contribution in [3.63, 3.8) is 0 Å². The number of amides is 2. The second kappa shape index (κ2) is 6.40. The number of urea groups is 1. The van der Waals surface area contributed by atoms with Crippen molar-refractivity contribution in [2.75, 3.05) is 0 Å². The van der Waals surface area contributed by atoms with Crippen molar-refractivity contribution in [2.45, 2.75) is 26.4 Å². The summed E-state index contributed by atoms with van der Waals surface area (Å²) in [5, 5.41) is 16.1. The van der Waals surface area contributed by atoms with E-state index in [1.807, 2.05) is 19.9 Å². The van der Waals surface area contributed by atoms with Crippen molar-refractivity contribution in [1.29, 1.82) is 0 Å². The Hall–Kier alpha value is -2.35. The molecule has 0 aliphatic carbocycles. The van der Waals surface area contributed by atoms with Crippen molar-refractivity contribution in [3.8, 4) is 0 Å². The molecule has 0 saturated heterocycles. The zero-order chi connectivity index (χ0) is 15.4. The summed E-state index contributed by atoms with van der Waals surface area (Å²) in [5.41, 5.74) is -0.0170. The quantitative estimate of drug-likeness (QED) is 0.786. The summed E-state index contributed by atoms with van der Waals surface area (Å²) in [5.74, 6) is 0.372. The number of carboxylic acids is 1. The van der Waals surface area contributed by atoms with Gasteiger partial charge in [0.05, 0.1) is 12.6 Å². The number of aromatic carboxylic acids is 1. The molecule has 1 atom stereocenters. The lowest BCUT2D eigenvalue weighted by Gasteiger charge is -2.11. The van der Waals surface area contributed by atoms with Gasteiger partial charge in [-0.1, -0.05) is 0 Å². The SMILES string of the molecule is Cc1ccc(C(C)NC(=O)NCc2nc(C(=O)O)cs2)o1. The Kier molecular flexibility index (Phi) is 4.59. The minimum Gasteiger partial charge on any atom is -0.476 e. The van der Waals surface area contributed by atoms with Crippen LogP contribution in [-0.4, -0.2) is 22.1 Å². The second-order valence-corrected chi connectivity index (χ2v) is 5.37. The Morgan fingerprint density at radius 2 is 2.24 bits per heavy atom. The van der Waals surface area contributed by atoms with Gasteiger partial charge in [0.25, 0.3) is 0 Å². The van der Waals surface area contributed by atoms with Crippen LogP contribution in [0.5, 0.6) is 0 Å². The number of thiazole rings is 1. The average Bonchev–Trinajstić information content (AvgIpc) is 3.05. The lowest BCUT2D eigenvalue weighted by molar-refractivity contribution is 0.0691. The predicted molar refractivity (Wildman–Crippen MR) is 76.3 cm³/mol. The Morgan fingerprint density at radius 3 is 2.81 bits per heavy atom. The highest BCUT2D eigenvalue weighted by atomic mass is 32.1. The number of rotatable bonds is 5. The number of nitrogens with one attached hydrogen (secondary N) is 2. The summed E-state index contributed by atoms with van der Waals surface area (Å²) >= 11 is 1.19. The van der Waals surface area contributed by atoms with Gasteiger partial charge in [-0.05, 0) is 26.0 Å². The fourth-order valence-corrected chi connectivity index (χ4v) is 2.36. The van der Waals surface area contributed by atoms with Crippen molar-refractivity contribution in [3.05, 3.63) is 39.7 Å². The Bertz CT molecular complexity index is 649. The molecule has 0 bridgehead atoms. The molecule has 1 unspecified atom stereocenters. The smallest absolute Gasteiger partial charge is 0.355 e. The number of hydrogen-bond donors (Lipinski definition) is 3. The first kappa shape index (κ1) is 15.0. The molecule has 2 rings (SSSR count). The maximum absolute atomic E-state index is 11.7. The number of carbonyl (C=O) groups excluding carboxylic acids is 1. The third-order valence-electron chi connectivity index (χ3n) is 2.71. The van der Waals surface area contributed by atoms with Crippen molar-refractivity contribution >= 4 is 23.3 Å². The van der Waals surface area contributed by atoms with Crippen LogP contribution in [0.3, 0.4) is 0 Å². The molecule has 112 valence electrons.